The van der Waals surface area contributed by atoms with Crippen LogP contribution in [0.3, 0.4) is 0 Å². The van der Waals surface area contributed by atoms with E-state index in [1.54, 1.807) is 12.1 Å². The number of rotatable bonds is 11. The number of aromatic hydroxyl groups is 1. The molecule has 1 aliphatic heterocycles. The van der Waals surface area contributed by atoms with E-state index in [4.69, 9.17) is 4.74 Å². The van der Waals surface area contributed by atoms with E-state index in [9.17, 15) is 30.3 Å². The minimum atomic E-state index is -1.70. The van der Waals surface area contributed by atoms with Gasteiger partial charge in [0.2, 0.25) is 6.23 Å². The molecule has 8 nitrogen and oxygen atoms in total. The van der Waals surface area contributed by atoms with E-state index in [0.29, 0.717) is 19.6 Å². The summed E-state index contributed by atoms with van der Waals surface area (Å²) in [6.45, 7) is 3.72. The van der Waals surface area contributed by atoms with Gasteiger partial charge < -0.3 is 30.3 Å². The van der Waals surface area contributed by atoms with Crippen LogP contribution in [-0.4, -0.2) is 86.3 Å². The lowest BCUT2D eigenvalue weighted by atomic mass is 9.95. The zero-order valence-electron chi connectivity index (χ0n) is 19.5. The predicted octanol–water partition coefficient (Wildman–Crippen LogP) is 1.69. The van der Waals surface area contributed by atoms with E-state index in [-0.39, 0.29) is 10.2 Å². The highest BCUT2D eigenvalue weighted by Crippen LogP contribution is 2.30. The van der Waals surface area contributed by atoms with Crippen LogP contribution in [0.5, 0.6) is 5.75 Å². The molecule has 0 amide bonds. The Morgan fingerprint density at radius 3 is 1.94 bits per heavy atom. The highest BCUT2D eigenvalue weighted by molar-refractivity contribution is 5.73. The van der Waals surface area contributed by atoms with Gasteiger partial charge in [-0.2, -0.15) is 0 Å². The van der Waals surface area contributed by atoms with Crippen molar-refractivity contribution < 1.29 is 39.5 Å². The Morgan fingerprint density at radius 1 is 0.853 bits per heavy atom. The molecule has 6 atom stereocenters. The van der Waals surface area contributed by atoms with Gasteiger partial charge in [0.25, 0.3) is 0 Å². The van der Waals surface area contributed by atoms with Crippen LogP contribution < -0.4 is 0 Å². The second-order valence-corrected chi connectivity index (χ2v) is 9.10. The van der Waals surface area contributed by atoms with Gasteiger partial charge in [-0.05, 0) is 43.0 Å². The molecule has 186 valence electrons. The van der Waals surface area contributed by atoms with Crippen LogP contribution in [0.15, 0.2) is 54.6 Å². The number of hydrogen-bond acceptors (Lipinski definition) is 6. The van der Waals surface area contributed by atoms with Crippen LogP contribution in [0.4, 0.5) is 0 Å². The third kappa shape index (κ3) is 6.14. The van der Waals surface area contributed by atoms with Gasteiger partial charge in [0.1, 0.15) is 18.0 Å². The van der Waals surface area contributed by atoms with Crippen molar-refractivity contribution in [1.82, 2.24) is 0 Å². The minimum Gasteiger partial charge on any atom is -0.508 e. The Morgan fingerprint density at radius 2 is 1.41 bits per heavy atom. The number of carbonyl (C=O) groups is 1. The molecule has 1 unspecified atom stereocenters. The van der Waals surface area contributed by atoms with E-state index in [2.05, 4.69) is 12.1 Å². The molecular weight excluding hydrogens is 438 g/mol. The summed E-state index contributed by atoms with van der Waals surface area (Å²) in [6.07, 6.45) is -4.29. The number of phenols is 1. The standard InChI is InChI=1S/C26H35NO7/c1-2-27(16-6-10-18-8-4-3-5-9-18,17-7-11-19-12-14-20(28)15-13-19)25-23(31)21(29)22(30)24(34-25)26(32)33/h3-5,8-9,12-15,21-25,29-31H,2,6-7,10-11,16-17H2,1H3,(H-,28,32,33)/p+1/t21-,22-,23+,24-,25+,27?/m0/s1. The summed E-state index contributed by atoms with van der Waals surface area (Å²) < 4.78 is 6.06. The first-order valence-electron chi connectivity index (χ1n) is 11.9. The van der Waals surface area contributed by atoms with E-state index in [1.165, 1.54) is 5.56 Å². The molecule has 0 aliphatic carbocycles. The first kappa shape index (κ1) is 26.1. The average molecular weight is 475 g/mol. The van der Waals surface area contributed by atoms with Crippen LogP contribution in [0, 0.1) is 0 Å². The van der Waals surface area contributed by atoms with Crippen molar-refractivity contribution >= 4 is 5.97 Å². The summed E-state index contributed by atoms with van der Waals surface area (Å²) in [6, 6.07) is 17.0. The van der Waals surface area contributed by atoms with Crippen LogP contribution in [0.25, 0.3) is 0 Å². The molecule has 0 saturated carbocycles. The monoisotopic (exact) mass is 474 g/mol. The predicted molar refractivity (Wildman–Crippen MR) is 126 cm³/mol. The highest BCUT2D eigenvalue weighted by atomic mass is 16.6. The van der Waals surface area contributed by atoms with Gasteiger partial charge in [-0.25, -0.2) is 4.79 Å². The molecule has 5 N–H and O–H groups in total. The average Bonchev–Trinajstić information content (AvgIpc) is 2.83. The van der Waals surface area contributed by atoms with Crippen LogP contribution in [0.1, 0.15) is 30.9 Å². The Hall–Kier alpha value is -2.49. The maximum absolute atomic E-state index is 11.7. The third-order valence-electron chi connectivity index (χ3n) is 6.92. The Bertz CT molecular complexity index is 907. The molecule has 0 radical (unpaired) electrons. The topological polar surface area (TPSA) is 127 Å². The number of phenolic OH excluding ortho intramolecular Hbond substituents is 1. The second kappa shape index (κ2) is 11.8. The zero-order valence-corrected chi connectivity index (χ0v) is 19.5. The molecular formula is C26H36NO7+. The molecule has 34 heavy (non-hydrogen) atoms. The number of likely N-dealkylation sites (N-methyl/N-ethyl adjacent to an activating group) is 1. The van der Waals surface area contributed by atoms with Crippen molar-refractivity contribution in [2.45, 2.75) is 63.3 Å². The van der Waals surface area contributed by atoms with Gasteiger partial charge in [0.15, 0.2) is 12.2 Å². The third-order valence-corrected chi connectivity index (χ3v) is 6.92. The lowest BCUT2D eigenvalue weighted by Crippen LogP contribution is -2.70. The minimum absolute atomic E-state index is 0.203. The maximum atomic E-state index is 11.7. The summed E-state index contributed by atoms with van der Waals surface area (Å²) in [7, 11) is 0. The Balaban J connectivity index is 1.80. The van der Waals surface area contributed by atoms with Gasteiger partial charge in [-0.1, -0.05) is 42.5 Å². The summed E-state index contributed by atoms with van der Waals surface area (Å²) in [5.74, 6) is -1.17. The summed E-state index contributed by atoms with van der Waals surface area (Å²) >= 11 is 0. The molecule has 1 fully saturated rings. The van der Waals surface area contributed by atoms with Crippen molar-refractivity contribution in [2.75, 3.05) is 19.6 Å². The van der Waals surface area contributed by atoms with Crippen molar-refractivity contribution in [2.24, 2.45) is 0 Å². The fraction of sp³-hybridized carbons (Fsp3) is 0.500. The summed E-state index contributed by atoms with van der Waals surface area (Å²) in [5, 5.41) is 50.5. The van der Waals surface area contributed by atoms with Gasteiger partial charge in [0.05, 0.1) is 19.6 Å². The first-order valence-corrected chi connectivity index (χ1v) is 11.9. The zero-order chi connectivity index (χ0) is 24.7. The molecule has 0 spiro atoms. The van der Waals surface area contributed by atoms with Gasteiger partial charge >= 0.3 is 5.97 Å². The van der Waals surface area contributed by atoms with Crippen molar-refractivity contribution in [3.8, 4) is 5.75 Å². The number of carboxylic acid groups (broad SMARTS) is 1. The van der Waals surface area contributed by atoms with E-state index in [1.807, 2.05) is 37.3 Å². The number of hydrogen-bond donors (Lipinski definition) is 5. The summed E-state index contributed by atoms with van der Waals surface area (Å²) in [5.41, 5.74) is 2.24. The fourth-order valence-electron chi connectivity index (χ4n) is 4.88. The van der Waals surface area contributed by atoms with E-state index < -0.39 is 36.6 Å². The number of nitrogens with zero attached hydrogens (tertiary/aromatic N) is 1. The quantitative estimate of drug-likeness (QED) is 0.314. The number of ether oxygens (including phenoxy) is 1. The smallest absolute Gasteiger partial charge is 0.335 e. The molecule has 2 aromatic rings. The second-order valence-electron chi connectivity index (χ2n) is 9.10. The number of aliphatic hydroxyl groups excluding tert-OH is 3. The lowest BCUT2D eigenvalue weighted by Gasteiger charge is -2.50. The van der Waals surface area contributed by atoms with Crippen molar-refractivity contribution in [3.63, 3.8) is 0 Å². The number of quaternary nitrogens is 1. The Labute approximate surface area is 200 Å². The van der Waals surface area contributed by atoms with Gasteiger partial charge in [-0.3, -0.25) is 4.48 Å². The first-order chi connectivity index (χ1) is 16.3. The molecule has 8 heteroatoms. The van der Waals surface area contributed by atoms with Crippen LogP contribution in [-0.2, 0) is 22.4 Å². The fourth-order valence-corrected chi connectivity index (χ4v) is 4.88. The van der Waals surface area contributed by atoms with Crippen molar-refractivity contribution in [1.29, 1.82) is 0 Å². The molecule has 0 bridgehead atoms. The molecule has 1 saturated heterocycles. The summed E-state index contributed by atoms with van der Waals surface area (Å²) in [4.78, 5) is 11.7. The highest BCUT2D eigenvalue weighted by Gasteiger charge is 2.54. The van der Waals surface area contributed by atoms with Crippen LogP contribution >= 0.6 is 0 Å². The molecule has 1 aliphatic rings. The molecule has 3 rings (SSSR count). The van der Waals surface area contributed by atoms with E-state index >= 15 is 0 Å². The number of aliphatic hydroxyl groups is 3. The van der Waals surface area contributed by atoms with Gasteiger partial charge in [-0.15, -0.1) is 0 Å². The normalized spacial score (nSPS) is 26.6. The SMILES string of the molecule is CC[N+](CCCc1ccccc1)(CCCc1ccc(O)cc1)[C@@H]1O[C@H](C(=O)O)[C@@H](O)[C@H](O)[C@H]1O. The molecule has 1 heterocycles. The lowest BCUT2D eigenvalue weighted by molar-refractivity contribution is -0.977. The Kier molecular flexibility index (Phi) is 9.04. The number of benzene rings is 2. The van der Waals surface area contributed by atoms with Crippen LogP contribution in [0.2, 0.25) is 0 Å². The number of carboxylic acids is 1. The maximum Gasteiger partial charge on any atom is 0.335 e. The van der Waals surface area contributed by atoms with E-state index in [0.717, 1.165) is 31.2 Å². The number of aryl methyl sites for hydroxylation is 2. The van der Waals surface area contributed by atoms with Crippen molar-refractivity contribution in [3.05, 3.63) is 65.7 Å². The van der Waals surface area contributed by atoms with Gasteiger partial charge in [0, 0.05) is 12.8 Å². The molecule has 0 aromatic heterocycles. The molecule has 2 aromatic carbocycles. The number of aliphatic carboxylic acids is 1. The largest absolute Gasteiger partial charge is 0.508 e.